The predicted molar refractivity (Wildman–Crippen MR) is 81.1 cm³/mol. The molecule has 0 fully saturated rings. The number of rotatable bonds is 9. The van der Waals surface area contributed by atoms with Crippen LogP contribution in [0.4, 0.5) is 0 Å². The van der Waals surface area contributed by atoms with Gasteiger partial charge in [0, 0.05) is 6.04 Å². The Kier molecular flexibility index (Phi) is 7.75. The first-order valence-corrected chi connectivity index (χ1v) is 7.55. The quantitative estimate of drug-likeness (QED) is 0.634. The largest absolute Gasteiger partial charge is 0.314 e. The third-order valence-corrected chi connectivity index (χ3v) is 3.55. The van der Waals surface area contributed by atoms with Gasteiger partial charge in [0.1, 0.15) is 0 Å². The van der Waals surface area contributed by atoms with Gasteiger partial charge in [-0.05, 0) is 38.3 Å². The maximum Gasteiger partial charge on any atom is 0.00701 e. The molecule has 0 radical (unpaired) electrons. The van der Waals surface area contributed by atoms with E-state index in [2.05, 4.69) is 50.4 Å². The first-order chi connectivity index (χ1) is 8.76. The van der Waals surface area contributed by atoms with Gasteiger partial charge in [0.25, 0.3) is 0 Å². The van der Waals surface area contributed by atoms with Crippen LogP contribution >= 0.6 is 0 Å². The number of hydrogen-bond donors (Lipinski definition) is 1. The molecule has 102 valence electrons. The standard InChI is InChI=1S/C17H29N/c1-4-6-7-8-17(18-5-2)14-13-16-11-9-15(3)10-12-16/h9-12,17-18H,4-8,13-14H2,1-3H3. The Hall–Kier alpha value is -0.820. The van der Waals surface area contributed by atoms with E-state index in [0.717, 1.165) is 6.54 Å². The van der Waals surface area contributed by atoms with Crippen molar-refractivity contribution in [1.29, 1.82) is 0 Å². The van der Waals surface area contributed by atoms with Crippen molar-refractivity contribution in [3.63, 3.8) is 0 Å². The summed E-state index contributed by atoms with van der Waals surface area (Å²) in [6.07, 6.45) is 7.84. The molecule has 0 aliphatic heterocycles. The highest BCUT2D eigenvalue weighted by molar-refractivity contribution is 5.21. The maximum atomic E-state index is 3.62. The number of hydrogen-bond acceptors (Lipinski definition) is 1. The summed E-state index contributed by atoms with van der Waals surface area (Å²) >= 11 is 0. The van der Waals surface area contributed by atoms with Crippen LogP contribution in [0.3, 0.4) is 0 Å². The normalized spacial score (nSPS) is 12.6. The minimum atomic E-state index is 0.697. The summed E-state index contributed by atoms with van der Waals surface area (Å²) in [5.74, 6) is 0. The molecule has 1 atom stereocenters. The SMILES string of the molecule is CCCCCC(CCc1ccc(C)cc1)NCC. The third kappa shape index (κ3) is 6.20. The fourth-order valence-electron chi connectivity index (χ4n) is 2.37. The van der Waals surface area contributed by atoms with E-state index in [4.69, 9.17) is 0 Å². The number of aryl methyl sites for hydroxylation is 2. The molecule has 18 heavy (non-hydrogen) atoms. The molecule has 0 saturated heterocycles. The highest BCUT2D eigenvalue weighted by Crippen LogP contribution is 2.11. The first-order valence-electron chi connectivity index (χ1n) is 7.55. The van der Waals surface area contributed by atoms with Gasteiger partial charge in [-0.1, -0.05) is 62.9 Å². The van der Waals surface area contributed by atoms with E-state index in [0.29, 0.717) is 6.04 Å². The van der Waals surface area contributed by atoms with Crippen LogP contribution in [-0.4, -0.2) is 12.6 Å². The van der Waals surface area contributed by atoms with Crippen LogP contribution in [0.1, 0.15) is 57.1 Å². The van der Waals surface area contributed by atoms with Gasteiger partial charge in [0.05, 0.1) is 0 Å². The zero-order chi connectivity index (χ0) is 13.2. The van der Waals surface area contributed by atoms with Gasteiger partial charge in [-0.2, -0.15) is 0 Å². The fraction of sp³-hybridized carbons (Fsp3) is 0.647. The topological polar surface area (TPSA) is 12.0 Å². The van der Waals surface area contributed by atoms with Crippen molar-refractivity contribution in [3.05, 3.63) is 35.4 Å². The Morgan fingerprint density at radius 2 is 1.72 bits per heavy atom. The van der Waals surface area contributed by atoms with Gasteiger partial charge in [0.15, 0.2) is 0 Å². The minimum absolute atomic E-state index is 0.697. The average Bonchev–Trinajstić information content (AvgIpc) is 2.38. The predicted octanol–water partition coefficient (Wildman–Crippen LogP) is 4.49. The highest BCUT2D eigenvalue weighted by Gasteiger charge is 2.06. The zero-order valence-electron chi connectivity index (χ0n) is 12.3. The van der Waals surface area contributed by atoms with Crippen molar-refractivity contribution in [2.75, 3.05) is 6.54 Å². The van der Waals surface area contributed by atoms with Crippen LogP contribution in [0.5, 0.6) is 0 Å². The van der Waals surface area contributed by atoms with E-state index < -0.39 is 0 Å². The molecular formula is C17H29N. The van der Waals surface area contributed by atoms with Crippen molar-refractivity contribution in [2.24, 2.45) is 0 Å². The lowest BCUT2D eigenvalue weighted by atomic mass is 10.00. The maximum absolute atomic E-state index is 3.62. The second-order valence-corrected chi connectivity index (χ2v) is 5.27. The van der Waals surface area contributed by atoms with Gasteiger partial charge in [-0.15, -0.1) is 0 Å². The fourth-order valence-corrected chi connectivity index (χ4v) is 2.37. The van der Waals surface area contributed by atoms with Crippen molar-refractivity contribution in [3.8, 4) is 0 Å². The molecule has 1 nitrogen and oxygen atoms in total. The summed E-state index contributed by atoms with van der Waals surface area (Å²) in [4.78, 5) is 0. The molecule has 1 aromatic carbocycles. The second kappa shape index (κ2) is 9.16. The van der Waals surface area contributed by atoms with Gasteiger partial charge in [-0.3, -0.25) is 0 Å². The zero-order valence-corrected chi connectivity index (χ0v) is 12.3. The molecular weight excluding hydrogens is 218 g/mol. The lowest BCUT2D eigenvalue weighted by molar-refractivity contribution is 0.444. The van der Waals surface area contributed by atoms with E-state index in [9.17, 15) is 0 Å². The molecule has 1 aromatic rings. The van der Waals surface area contributed by atoms with E-state index in [1.807, 2.05) is 0 Å². The van der Waals surface area contributed by atoms with Gasteiger partial charge in [0.2, 0.25) is 0 Å². The molecule has 1 N–H and O–H groups in total. The highest BCUT2D eigenvalue weighted by atomic mass is 14.9. The molecule has 0 aliphatic carbocycles. The van der Waals surface area contributed by atoms with Gasteiger partial charge < -0.3 is 5.32 Å². The summed E-state index contributed by atoms with van der Waals surface area (Å²) < 4.78 is 0. The monoisotopic (exact) mass is 247 g/mol. The number of unbranched alkanes of at least 4 members (excludes halogenated alkanes) is 2. The summed E-state index contributed by atoms with van der Waals surface area (Å²) in [6.45, 7) is 7.72. The summed E-state index contributed by atoms with van der Waals surface area (Å²) in [5.41, 5.74) is 2.82. The molecule has 0 aliphatic rings. The first kappa shape index (κ1) is 15.2. The molecule has 0 amide bonds. The molecule has 0 spiro atoms. The molecule has 1 rings (SSSR count). The van der Waals surface area contributed by atoms with E-state index >= 15 is 0 Å². The third-order valence-electron chi connectivity index (χ3n) is 3.55. The van der Waals surface area contributed by atoms with Crippen LogP contribution in [0.25, 0.3) is 0 Å². The van der Waals surface area contributed by atoms with Crippen molar-refractivity contribution in [2.45, 2.75) is 65.3 Å². The van der Waals surface area contributed by atoms with Crippen molar-refractivity contribution < 1.29 is 0 Å². The molecule has 1 unspecified atom stereocenters. The van der Waals surface area contributed by atoms with Crippen LogP contribution < -0.4 is 5.32 Å². The van der Waals surface area contributed by atoms with E-state index in [1.165, 1.54) is 49.7 Å². The summed E-state index contributed by atoms with van der Waals surface area (Å²) in [7, 11) is 0. The summed E-state index contributed by atoms with van der Waals surface area (Å²) in [6, 6.07) is 9.67. The van der Waals surface area contributed by atoms with E-state index in [1.54, 1.807) is 0 Å². The second-order valence-electron chi connectivity index (χ2n) is 5.27. The Bertz CT molecular complexity index is 302. The Labute approximate surface area is 113 Å². The van der Waals surface area contributed by atoms with Crippen molar-refractivity contribution >= 4 is 0 Å². The average molecular weight is 247 g/mol. The molecule has 0 heterocycles. The van der Waals surface area contributed by atoms with E-state index in [-0.39, 0.29) is 0 Å². The molecule has 1 heteroatoms. The van der Waals surface area contributed by atoms with Crippen LogP contribution in [-0.2, 0) is 6.42 Å². The molecule has 0 aromatic heterocycles. The lowest BCUT2D eigenvalue weighted by Gasteiger charge is -2.17. The van der Waals surface area contributed by atoms with Crippen LogP contribution in [0, 0.1) is 6.92 Å². The van der Waals surface area contributed by atoms with Crippen molar-refractivity contribution in [1.82, 2.24) is 5.32 Å². The van der Waals surface area contributed by atoms with Gasteiger partial charge >= 0.3 is 0 Å². The molecule has 0 saturated carbocycles. The lowest BCUT2D eigenvalue weighted by Crippen LogP contribution is -2.29. The summed E-state index contributed by atoms with van der Waals surface area (Å²) in [5, 5.41) is 3.62. The molecule has 0 bridgehead atoms. The Morgan fingerprint density at radius 3 is 2.33 bits per heavy atom. The number of benzene rings is 1. The van der Waals surface area contributed by atoms with Crippen LogP contribution in [0.2, 0.25) is 0 Å². The Morgan fingerprint density at radius 1 is 1.00 bits per heavy atom. The Balaban J connectivity index is 2.33. The number of nitrogens with one attached hydrogen (secondary N) is 1. The minimum Gasteiger partial charge on any atom is -0.314 e. The van der Waals surface area contributed by atoms with Gasteiger partial charge in [-0.25, -0.2) is 0 Å². The van der Waals surface area contributed by atoms with Crippen LogP contribution in [0.15, 0.2) is 24.3 Å². The smallest absolute Gasteiger partial charge is 0.00701 e.